The number of carbonyl (C=O) groups excluding carboxylic acids is 2. The maximum Gasteiger partial charge on any atom is 0.251 e. The van der Waals surface area contributed by atoms with E-state index in [0.717, 1.165) is 4.80 Å². The van der Waals surface area contributed by atoms with Gasteiger partial charge in [0.05, 0.1) is 6.26 Å². The fourth-order valence-corrected chi connectivity index (χ4v) is 3.46. The fourth-order valence-electron chi connectivity index (χ4n) is 3.46. The van der Waals surface area contributed by atoms with Gasteiger partial charge in [0, 0.05) is 11.2 Å². The molecule has 0 saturated carbocycles. The van der Waals surface area contributed by atoms with E-state index in [9.17, 15) is 14.0 Å². The summed E-state index contributed by atoms with van der Waals surface area (Å²) in [7, 11) is 0. The second kappa shape index (κ2) is 9.53. The summed E-state index contributed by atoms with van der Waals surface area (Å²) in [5.41, 5.74) is -0.285. The first kappa shape index (κ1) is 23.9. The van der Waals surface area contributed by atoms with Crippen LogP contribution >= 0.6 is 0 Å². The van der Waals surface area contributed by atoms with Crippen LogP contribution in [0.1, 0.15) is 38.3 Å². The molecule has 1 aromatic carbocycles. The normalized spacial score (nSPS) is 12.4. The van der Waals surface area contributed by atoms with Gasteiger partial charge in [0.25, 0.3) is 11.8 Å². The number of halogens is 1. The third-order valence-electron chi connectivity index (χ3n) is 4.88. The van der Waals surface area contributed by atoms with Crippen LogP contribution in [-0.2, 0) is 16.1 Å². The lowest BCUT2D eigenvalue weighted by molar-refractivity contribution is -0.128. The Balaban J connectivity index is 1.70. The van der Waals surface area contributed by atoms with Crippen LogP contribution in [0.3, 0.4) is 0 Å². The zero-order chi connectivity index (χ0) is 25.2. The van der Waals surface area contributed by atoms with Crippen molar-refractivity contribution in [2.45, 2.75) is 45.8 Å². The van der Waals surface area contributed by atoms with Gasteiger partial charge in [-0.25, -0.2) is 4.39 Å². The number of rotatable bonds is 7. The molecule has 1 N–H and O–H groups in total. The molecule has 11 heteroatoms. The number of nitrogens with one attached hydrogen (secondary N) is 1. The largest absolute Gasteiger partial charge is 0.467 e. The van der Waals surface area contributed by atoms with Crippen molar-refractivity contribution in [2.24, 2.45) is 0 Å². The summed E-state index contributed by atoms with van der Waals surface area (Å²) in [6.45, 7) is 6.92. The van der Waals surface area contributed by atoms with Gasteiger partial charge in [-0.05, 0) is 81.4 Å². The Morgan fingerprint density at radius 1 is 1.14 bits per heavy atom. The van der Waals surface area contributed by atoms with Crippen molar-refractivity contribution in [1.82, 2.24) is 25.5 Å². The molecule has 0 aliphatic carbocycles. The summed E-state index contributed by atoms with van der Waals surface area (Å²) in [6.07, 6.45) is 1.41. The summed E-state index contributed by atoms with van der Waals surface area (Å²) in [6, 6.07) is 10.8. The summed E-state index contributed by atoms with van der Waals surface area (Å²) in [5, 5.41) is 15.0. The summed E-state index contributed by atoms with van der Waals surface area (Å²) >= 11 is 0. The average Bonchev–Trinajstić information content (AvgIpc) is 3.53. The number of carbonyl (C=O) groups is 2. The first-order valence-electron chi connectivity index (χ1n) is 10.9. The van der Waals surface area contributed by atoms with Gasteiger partial charge in [-0.15, -0.1) is 10.2 Å². The van der Waals surface area contributed by atoms with Crippen LogP contribution in [0.2, 0.25) is 0 Å². The third-order valence-corrected chi connectivity index (χ3v) is 4.88. The fraction of sp³-hybridized carbons (Fsp3) is 0.292. The first-order valence-corrected chi connectivity index (χ1v) is 10.9. The van der Waals surface area contributed by atoms with Crippen molar-refractivity contribution in [1.29, 1.82) is 0 Å². The highest BCUT2D eigenvalue weighted by molar-refractivity contribution is 6.01. The number of aromatic nitrogens is 4. The lowest BCUT2D eigenvalue weighted by atomic mass is 10.1. The number of nitrogens with zero attached hydrogens (tertiary/aromatic N) is 5. The molecule has 10 nitrogen and oxygen atoms in total. The monoisotopic (exact) mass is 480 g/mol. The van der Waals surface area contributed by atoms with E-state index >= 15 is 0 Å². The Kier molecular flexibility index (Phi) is 6.50. The minimum absolute atomic E-state index is 0.215. The van der Waals surface area contributed by atoms with E-state index in [1.165, 1.54) is 35.4 Å². The van der Waals surface area contributed by atoms with Crippen molar-refractivity contribution in [3.05, 3.63) is 72.1 Å². The van der Waals surface area contributed by atoms with Crippen molar-refractivity contribution in [3.63, 3.8) is 0 Å². The smallest absolute Gasteiger partial charge is 0.251 e. The molecule has 0 unspecified atom stereocenters. The molecule has 0 aliphatic rings. The van der Waals surface area contributed by atoms with Gasteiger partial charge < -0.3 is 14.2 Å². The number of tetrazole rings is 1. The third kappa shape index (κ3) is 5.62. The Hall–Kier alpha value is -4.28. The second-order valence-electron chi connectivity index (χ2n) is 8.95. The zero-order valence-electron chi connectivity index (χ0n) is 19.7. The molecule has 0 saturated heterocycles. The van der Waals surface area contributed by atoms with Crippen LogP contribution in [-0.4, -0.2) is 37.6 Å². The molecule has 1 atom stereocenters. The van der Waals surface area contributed by atoms with Gasteiger partial charge in [0.15, 0.2) is 11.8 Å². The Morgan fingerprint density at radius 3 is 2.49 bits per heavy atom. The second-order valence-corrected chi connectivity index (χ2v) is 8.95. The number of hydrogen-bond acceptors (Lipinski definition) is 7. The summed E-state index contributed by atoms with van der Waals surface area (Å²) in [4.78, 5) is 29.3. The molecule has 0 spiro atoms. The number of benzene rings is 1. The Labute approximate surface area is 200 Å². The lowest BCUT2D eigenvalue weighted by Crippen LogP contribution is -2.50. The quantitative estimate of drug-likeness (QED) is 0.429. The highest BCUT2D eigenvalue weighted by Gasteiger charge is 2.36. The highest BCUT2D eigenvalue weighted by Crippen LogP contribution is 2.29. The maximum atomic E-state index is 13.7. The van der Waals surface area contributed by atoms with E-state index in [4.69, 9.17) is 8.83 Å². The van der Waals surface area contributed by atoms with Gasteiger partial charge in [-0.3, -0.25) is 14.5 Å². The van der Waals surface area contributed by atoms with Crippen LogP contribution < -0.4 is 10.2 Å². The molecule has 3 aromatic heterocycles. The summed E-state index contributed by atoms with van der Waals surface area (Å²) < 4.78 is 24.7. The van der Waals surface area contributed by atoms with Crippen LogP contribution in [0, 0.1) is 12.7 Å². The predicted octanol–water partition coefficient (Wildman–Crippen LogP) is 3.66. The maximum absolute atomic E-state index is 13.7. The Bertz CT molecular complexity index is 1300. The standard InChI is InChI=1S/C24H25FN6O4/c1-15-7-12-19(35-15)22-27-29-30(28-22)14-20(32)31(17-10-8-16(25)9-11-17)21(18-6-5-13-34-18)23(33)26-24(2,3)4/h5-13,21H,14H2,1-4H3,(H,26,33)/t21-/m1/s1. The van der Waals surface area contributed by atoms with Gasteiger partial charge in [0.2, 0.25) is 5.82 Å². The molecule has 2 amide bonds. The summed E-state index contributed by atoms with van der Waals surface area (Å²) in [5.74, 6) is 0.0573. The number of hydrogen-bond donors (Lipinski definition) is 1. The van der Waals surface area contributed by atoms with Crippen LogP contribution in [0.4, 0.5) is 10.1 Å². The van der Waals surface area contributed by atoms with Gasteiger partial charge in [-0.1, -0.05) is 0 Å². The van der Waals surface area contributed by atoms with Crippen LogP contribution in [0.15, 0.2) is 63.6 Å². The van der Waals surface area contributed by atoms with E-state index in [2.05, 4.69) is 20.7 Å². The number of aryl methyl sites for hydroxylation is 1. The SMILES string of the molecule is Cc1ccc(-c2nnn(CC(=O)N(c3ccc(F)cc3)[C@@H](C(=O)NC(C)(C)C)c3ccco3)n2)o1. The molecular weight excluding hydrogens is 455 g/mol. The van der Waals surface area contributed by atoms with E-state index in [1.807, 2.05) is 20.8 Å². The molecule has 4 aromatic rings. The highest BCUT2D eigenvalue weighted by atomic mass is 19.1. The van der Waals surface area contributed by atoms with Gasteiger partial charge in [-0.2, -0.15) is 4.80 Å². The molecule has 4 rings (SSSR count). The first-order chi connectivity index (χ1) is 16.6. The van der Waals surface area contributed by atoms with E-state index in [1.54, 1.807) is 31.2 Å². The van der Waals surface area contributed by atoms with Crippen molar-refractivity contribution >= 4 is 17.5 Å². The molecule has 35 heavy (non-hydrogen) atoms. The van der Waals surface area contributed by atoms with Crippen molar-refractivity contribution in [3.8, 4) is 11.6 Å². The van der Waals surface area contributed by atoms with Crippen molar-refractivity contribution in [2.75, 3.05) is 4.90 Å². The number of anilines is 1. The van der Waals surface area contributed by atoms with Crippen LogP contribution in [0.25, 0.3) is 11.6 Å². The zero-order valence-corrected chi connectivity index (χ0v) is 19.7. The van der Waals surface area contributed by atoms with E-state index < -0.39 is 29.2 Å². The van der Waals surface area contributed by atoms with Crippen molar-refractivity contribution < 1.29 is 22.8 Å². The number of furan rings is 2. The molecule has 0 fully saturated rings. The molecule has 182 valence electrons. The number of amides is 2. The molecular formula is C24H25FN6O4. The molecule has 3 heterocycles. The molecule has 0 radical (unpaired) electrons. The van der Waals surface area contributed by atoms with E-state index in [0.29, 0.717) is 17.2 Å². The minimum Gasteiger partial charge on any atom is -0.467 e. The predicted molar refractivity (Wildman–Crippen MR) is 123 cm³/mol. The topological polar surface area (TPSA) is 119 Å². The Morgan fingerprint density at radius 2 is 1.89 bits per heavy atom. The lowest BCUT2D eigenvalue weighted by Gasteiger charge is -2.32. The van der Waals surface area contributed by atoms with Gasteiger partial charge >= 0.3 is 0 Å². The average molecular weight is 481 g/mol. The van der Waals surface area contributed by atoms with Gasteiger partial charge in [0.1, 0.15) is 23.9 Å². The van der Waals surface area contributed by atoms with Crippen LogP contribution in [0.5, 0.6) is 0 Å². The molecule has 0 bridgehead atoms. The minimum atomic E-state index is -1.17. The van der Waals surface area contributed by atoms with E-state index in [-0.39, 0.29) is 18.1 Å². The molecule has 0 aliphatic heterocycles.